The van der Waals surface area contributed by atoms with Gasteiger partial charge >= 0.3 is 5.97 Å². The molecule has 152 valence electrons. The molecule has 1 amide bonds. The summed E-state index contributed by atoms with van der Waals surface area (Å²) in [5.41, 5.74) is 4.51. The predicted octanol–water partition coefficient (Wildman–Crippen LogP) is 2.28. The van der Waals surface area contributed by atoms with Gasteiger partial charge in [0.15, 0.2) is 0 Å². The van der Waals surface area contributed by atoms with Crippen LogP contribution < -0.4 is 16.0 Å². The fourth-order valence-corrected chi connectivity index (χ4v) is 4.31. The SMILES string of the molecule is COc1ccccc1Cc1nc2sc(C(N)=O)c(C)c2c(=O)n1C(C)(C)C(=O)O. The van der Waals surface area contributed by atoms with Crippen LogP contribution in [0.3, 0.4) is 0 Å². The summed E-state index contributed by atoms with van der Waals surface area (Å²) in [4.78, 5) is 42.2. The lowest BCUT2D eigenvalue weighted by molar-refractivity contribution is -0.146. The van der Waals surface area contributed by atoms with Gasteiger partial charge in [-0.25, -0.2) is 9.78 Å². The minimum atomic E-state index is -1.56. The van der Waals surface area contributed by atoms with E-state index in [4.69, 9.17) is 10.5 Å². The Hall–Kier alpha value is -3.20. The number of nitrogens with zero attached hydrogens (tertiary/aromatic N) is 2. The number of thiophene rings is 1. The van der Waals surface area contributed by atoms with Gasteiger partial charge in [0.1, 0.15) is 21.9 Å². The first-order valence-electron chi connectivity index (χ1n) is 8.80. The van der Waals surface area contributed by atoms with Crippen LogP contribution in [0.1, 0.15) is 40.5 Å². The highest BCUT2D eigenvalue weighted by atomic mass is 32.1. The Morgan fingerprint density at radius 3 is 2.55 bits per heavy atom. The topological polar surface area (TPSA) is 125 Å². The molecule has 0 unspecified atom stereocenters. The highest BCUT2D eigenvalue weighted by Gasteiger charge is 2.35. The molecule has 0 bridgehead atoms. The molecular weight excluding hydrogens is 394 g/mol. The predicted molar refractivity (Wildman–Crippen MR) is 110 cm³/mol. The number of rotatable bonds is 6. The lowest BCUT2D eigenvalue weighted by Gasteiger charge is -2.26. The Labute approximate surface area is 170 Å². The smallest absolute Gasteiger partial charge is 0.329 e. The number of hydrogen-bond acceptors (Lipinski definition) is 6. The maximum absolute atomic E-state index is 13.4. The molecule has 8 nitrogen and oxygen atoms in total. The Kier molecular flexibility index (Phi) is 5.18. The van der Waals surface area contributed by atoms with Crippen LogP contribution in [0.25, 0.3) is 10.2 Å². The van der Waals surface area contributed by atoms with Crippen molar-refractivity contribution in [3.05, 3.63) is 56.4 Å². The van der Waals surface area contributed by atoms with E-state index in [1.54, 1.807) is 13.0 Å². The van der Waals surface area contributed by atoms with Gasteiger partial charge < -0.3 is 15.6 Å². The lowest BCUT2D eigenvalue weighted by Crippen LogP contribution is -2.45. The summed E-state index contributed by atoms with van der Waals surface area (Å²) in [5, 5.41) is 9.97. The summed E-state index contributed by atoms with van der Waals surface area (Å²) in [6, 6.07) is 7.23. The number of hydrogen-bond donors (Lipinski definition) is 2. The first-order chi connectivity index (χ1) is 13.6. The zero-order valence-electron chi connectivity index (χ0n) is 16.5. The highest BCUT2D eigenvalue weighted by Crippen LogP contribution is 2.30. The zero-order chi connectivity index (χ0) is 21.5. The number of nitrogens with two attached hydrogens (primary N) is 1. The van der Waals surface area contributed by atoms with Crippen LogP contribution in [-0.2, 0) is 16.8 Å². The number of aliphatic carboxylic acids is 1. The van der Waals surface area contributed by atoms with Crippen LogP contribution in [0.5, 0.6) is 5.75 Å². The molecule has 1 aromatic carbocycles. The zero-order valence-corrected chi connectivity index (χ0v) is 17.3. The number of ether oxygens (including phenoxy) is 1. The molecule has 0 spiro atoms. The lowest BCUT2D eigenvalue weighted by atomic mass is 10.0. The highest BCUT2D eigenvalue weighted by molar-refractivity contribution is 7.20. The Bertz CT molecular complexity index is 1190. The van der Waals surface area contributed by atoms with Crippen LogP contribution >= 0.6 is 11.3 Å². The maximum atomic E-state index is 13.4. The van der Waals surface area contributed by atoms with E-state index < -0.39 is 23.0 Å². The number of amides is 1. The van der Waals surface area contributed by atoms with Gasteiger partial charge in [-0.2, -0.15) is 0 Å². The van der Waals surface area contributed by atoms with Crippen LogP contribution in [-0.4, -0.2) is 33.6 Å². The largest absolute Gasteiger partial charge is 0.496 e. The molecule has 0 atom stereocenters. The Balaban J connectivity index is 2.37. The van der Waals surface area contributed by atoms with Crippen molar-refractivity contribution in [3.63, 3.8) is 0 Å². The molecule has 3 aromatic rings. The molecule has 0 aliphatic rings. The third kappa shape index (κ3) is 3.38. The van der Waals surface area contributed by atoms with E-state index in [0.717, 1.165) is 16.9 Å². The number of carboxylic acid groups (broad SMARTS) is 1. The first-order valence-corrected chi connectivity index (χ1v) is 9.61. The summed E-state index contributed by atoms with van der Waals surface area (Å²) in [7, 11) is 1.53. The Morgan fingerprint density at radius 2 is 1.97 bits per heavy atom. The molecule has 3 N–H and O–H groups in total. The molecular formula is C20H21N3O5S. The second-order valence-corrected chi connectivity index (χ2v) is 8.12. The van der Waals surface area contributed by atoms with E-state index in [0.29, 0.717) is 16.1 Å². The summed E-state index contributed by atoms with van der Waals surface area (Å²) in [5.74, 6) is -0.969. The monoisotopic (exact) mass is 415 g/mol. The van der Waals surface area contributed by atoms with Gasteiger partial charge in [0.05, 0.1) is 17.4 Å². The number of fused-ring (bicyclic) bond motifs is 1. The number of carbonyl (C=O) groups excluding carboxylic acids is 1. The van der Waals surface area contributed by atoms with E-state index in [1.165, 1.54) is 25.5 Å². The van der Waals surface area contributed by atoms with Gasteiger partial charge in [0.2, 0.25) is 0 Å². The van der Waals surface area contributed by atoms with Gasteiger partial charge in [-0.15, -0.1) is 11.3 Å². The standard InChI is InChI=1S/C20H21N3O5S/c1-10-14-17(29-15(10)16(21)24)22-13(9-11-7-5-6-8-12(11)28-4)23(18(14)25)20(2,3)19(26)27/h5-8H,9H2,1-4H3,(H2,21,24)(H,26,27). The number of carbonyl (C=O) groups is 2. The summed E-state index contributed by atoms with van der Waals surface area (Å²) >= 11 is 1.03. The molecule has 2 aromatic heterocycles. The summed E-state index contributed by atoms with van der Waals surface area (Å²) in [6.07, 6.45) is 0.175. The van der Waals surface area contributed by atoms with Gasteiger partial charge in [0.25, 0.3) is 11.5 Å². The van der Waals surface area contributed by atoms with Crippen LogP contribution in [0.15, 0.2) is 29.1 Å². The minimum absolute atomic E-state index is 0.175. The van der Waals surface area contributed by atoms with E-state index in [1.807, 2.05) is 18.2 Å². The van der Waals surface area contributed by atoms with Crippen molar-refractivity contribution >= 4 is 33.4 Å². The van der Waals surface area contributed by atoms with E-state index in [-0.39, 0.29) is 22.5 Å². The van der Waals surface area contributed by atoms with Crippen molar-refractivity contribution in [2.24, 2.45) is 5.73 Å². The number of benzene rings is 1. The van der Waals surface area contributed by atoms with Crippen molar-refractivity contribution < 1.29 is 19.4 Å². The van der Waals surface area contributed by atoms with Gasteiger partial charge in [-0.05, 0) is 32.4 Å². The first kappa shape index (κ1) is 20.5. The molecule has 9 heteroatoms. The van der Waals surface area contributed by atoms with Crippen molar-refractivity contribution in [2.45, 2.75) is 32.7 Å². The number of primary amides is 1. The molecule has 0 radical (unpaired) electrons. The number of para-hydroxylation sites is 1. The van der Waals surface area contributed by atoms with Crippen molar-refractivity contribution in [1.82, 2.24) is 9.55 Å². The van der Waals surface area contributed by atoms with Crippen LogP contribution in [0.4, 0.5) is 0 Å². The van der Waals surface area contributed by atoms with Gasteiger partial charge in [0, 0.05) is 12.0 Å². The van der Waals surface area contributed by atoms with E-state index in [9.17, 15) is 19.5 Å². The van der Waals surface area contributed by atoms with Crippen molar-refractivity contribution in [2.75, 3.05) is 7.11 Å². The number of methoxy groups -OCH3 is 1. The number of aromatic nitrogens is 2. The fourth-order valence-electron chi connectivity index (χ4n) is 3.27. The van der Waals surface area contributed by atoms with Crippen LogP contribution in [0, 0.1) is 6.92 Å². The molecule has 0 saturated carbocycles. The normalized spacial score (nSPS) is 11.6. The molecule has 3 rings (SSSR count). The van der Waals surface area contributed by atoms with E-state index in [2.05, 4.69) is 4.98 Å². The minimum Gasteiger partial charge on any atom is -0.496 e. The Morgan fingerprint density at radius 1 is 1.31 bits per heavy atom. The number of carboxylic acids is 1. The molecule has 2 heterocycles. The molecule has 0 fully saturated rings. The van der Waals surface area contributed by atoms with Gasteiger partial charge in [-0.1, -0.05) is 18.2 Å². The van der Waals surface area contributed by atoms with Crippen molar-refractivity contribution in [1.29, 1.82) is 0 Å². The summed E-state index contributed by atoms with van der Waals surface area (Å²) < 4.78 is 6.55. The van der Waals surface area contributed by atoms with Gasteiger partial charge in [-0.3, -0.25) is 14.2 Å². The second kappa shape index (κ2) is 7.32. The average Bonchev–Trinajstić information content (AvgIpc) is 2.99. The fraction of sp³-hybridized carbons (Fsp3) is 0.300. The number of aryl methyl sites for hydroxylation is 1. The third-order valence-electron chi connectivity index (χ3n) is 4.88. The molecule has 29 heavy (non-hydrogen) atoms. The molecule has 0 aliphatic heterocycles. The average molecular weight is 415 g/mol. The molecule has 0 aliphatic carbocycles. The molecule has 0 saturated heterocycles. The maximum Gasteiger partial charge on any atom is 0.329 e. The summed E-state index contributed by atoms with van der Waals surface area (Å²) in [6.45, 7) is 4.49. The van der Waals surface area contributed by atoms with Crippen LogP contribution in [0.2, 0.25) is 0 Å². The third-order valence-corrected chi connectivity index (χ3v) is 6.08. The quantitative estimate of drug-likeness (QED) is 0.636. The van der Waals surface area contributed by atoms with Crippen molar-refractivity contribution in [3.8, 4) is 5.75 Å². The van der Waals surface area contributed by atoms with E-state index >= 15 is 0 Å². The second-order valence-electron chi connectivity index (χ2n) is 7.12.